The number of hydrogen-bond donors (Lipinski definition) is 2. The zero-order chi connectivity index (χ0) is 13.3. The van der Waals surface area contributed by atoms with Gasteiger partial charge in [0.05, 0.1) is 28.8 Å². The number of carboxylic acids is 1. The van der Waals surface area contributed by atoms with Crippen LogP contribution >= 0.6 is 0 Å². The molecule has 0 fully saturated rings. The third kappa shape index (κ3) is 2.48. The first-order valence-electron chi connectivity index (χ1n) is 5.76. The predicted octanol–water partition coefficient (Wildman–Crippen LogP) is 1.29. The minimum Gasteiger partial charge on any atom is -0.481 e. The number of hydrogen-bond acceptors (Lipinski definition) is 4. The van der Waals surface area contributed by atoms with Gasteiger partial charge in [0.15, 0.2) is 9.84 Å². The highest BCUT2D eigenvalue weighted by atomic mass is 32.2. The van der Waals surface area contributed by atoms with Crippen molar-refractivity contribution < 1.29 is 18.3 Å². The lowest BCUT2D eigenvalue weighted by atomic mass is 10.1. The summed E-state index contributed by atoms with van der Waals surface area (Å²) >= 11 is 0. The van der Waals surface area contributed by atoms with Crippen LogP contribution in [0.15, 0.2) is 23.1 Å². The number of benzene rings is 1. The summed E-state index contributed by atoms with van der Waals surface area (Å²) < 4.78 is 24.2. The van der Waals surface area contributed by atoms with Gasteiger partial charge in [-0.25, -0.2) is 8.42 Å². The average Bonchev–Trinajstić information content (AvgIpc) is 2.27. The number of carboxylic acid groups (broad SMARTS) is 1. The van der Waals surface area contributed by atoms with Crippen LogP contribution in [0.2, 0.25) is 0 Å². The molecular formula is C12H15NO4S. The zero-order valence-electron chi connectivity index (χ0n) is 10.0. The van der Waals surface area contributed by atoms with Crippen LogP contribution < -0.4 is 5.32 Å². The lowest BCUT2D eigenvalue weighted by molar-refractivity contribution is -0.137. The largest absolute Gasteiger partial charge is 0.481 e. The van der Waals surface area contributed by atoms with Crippen molar-refractivity contribution in [2.75, 3.05) is 11.1 Å². The second kappa shape index (κ2) is 4.61. The number of anilines is 1. The molecule has 0 aliphatic carbocycles. The third-order valence-electron chi connectivity index (χ3n) is 2.99. The average molecular weight is 269 g/mol. The van der Waals surface area contributed by atoms with Gasteiger partial charge in [0.2, 0.25) is 0 Å². The maximum atomic E-state index is 12.1. The van der Waals surface area contributed by atoms with Crippen LogP contribution in [0, 0.1) is 0 Å². The summed E-state index contributed by atoms with van der Waals surface area (Å²) in [6.07, 6.45) is 0.565. The summed E-state index contributed by atoms with van der Waals surface area (Å²) in [7, 11) is -3.40. The van der Waals surface area contributed by atoms with Crippen LogP contribution in [0.25, 0.3) is 0 Å². The van der Waals surface area contributed by atoms with E-state index in [-0.39, 0.29) is 17.1 Å². The number of aliphatic carboxylic acids is 1. The Labute approximate surface area is 106 Å². The predicted molar refractivity (Wildman–Crippen MR) is 67.5 cm³/mol. The monoisotopic (exact) mass is 269 g/mol. The Morgan fingerprint density at radius 3 is 2.83 bits per heavy atom. The lowest BCUT2D eigenvalue weighted by Gasteiger charge is -2.26. The fourth-order valence-electron chi connectivity index (χ4n) is 2.10. The van der Waals surface area contributed by atoms with E-state index in [0.717, 1.165) is 12.0 Å². The highest BCUT2D eigenvalue weighted by Crippen LogP contribution is 2.30. The molecule has 1 aliphatic rings. The maximum Gasteiger partial charge on any atom is 0.305 e. The van der Waals surface area contributed by atoms with E-state index < -0.39 is 21.8 Å². The molecule has 1 atom stereocenters. The van der Waals surface area contributed by atoms with Gasteiger partial charge in [0.25, 0.3) is 0 Å². The Kier molecular flexibility index (Phi) is 3.30. The molecule has 6 heteroatoms. The van der Waals surface area contributed by atoms with Gasteiger partial charge in [-0.15, -0.1) is 0 Å². The van der Waals surface area contributed by atoms with E-state index in [1.807, 2.05) is 13.0 Å². The summed E-state index contributed by atoms with van der Waals surface area (Å²) in [6, 6.07) is 4.66. The summed E-state index contributed by atoms with van der Waals surface area (Å²) in [5.74, 6) is -1.17. The second-order valence-corrected chi connectivity index (χ2v) is 6.41. The van der Waals surface area contributed by atoms with Crippen LogP contribution in [-0.4, -0.2) is 31.3 Å². The molecule has 0 amide bonds. The van der Waals surface area contributed by atoms with Crippen molar-refractivity contribution in [3.8, 4) is 0 Å². The van der Waals surface area contributed by atoms with Crippen molar-refractivity contribution in [1.29, 1.82) is 0 Å². The Balaban J connectivity index is 2.40. The first kappa shape index (κ1) is 12.9. The van der Waals surface area contributed by atoms with E-state index in [0.29, 0.717) is 5.69 Å². The molecule has 0 spiro atoms. The Hall–Kier alpha value is -1.56. The standard InChI is InChI=1S/C12H15NO4S/c1-2-8-3-4-10-11(5-8)18(16,17)7-9(13-10)6-12(14)15/h3-5,9,13H,2,6-7H2,1H3,(H,14,15). The van der Waals surface area contributed by atoms with Gasteiger partial charge in [-0.3, -0.25) is 4.79 Å². The molecular weight excluding hydrogens is 254 g/mol. The number of carbonyl (C=O) groups is 1. The molecule has 1 aromatic rings. The van der Waals surface area contributed by atoms with E-state index >= 15 is 0 Å². The summed E-state index contributed by atoms with van der Waals surface area (Å²) in [4.78, 5) is 10.9. The summed E-state index contributed by atoms with van der Waals surface area (Å²) in [5, 5.41) is 11.7. The molecule has 5 nitrogen and oxygen atoms in total. The van der Waals surface area contributed by atoms with E-state index in [1.165, 1.54) is 0 Å². The zero-order valence-corrected chi connectivity index (χ0v) is 10.8. The molecule has 0 radical (unpaired) electrons. The molecule has 1 aliphatic heterocycles. The fraction of sp³-hybridized carbons (Fsp3) is 0.417. The topological polar surface area (TPSA) is 83.5 Å². The van der Waals surface area contributed by atoms with Gasteiger partial charge >= 0.3 is 5.97 Å². The van der Waals surface area contributed by atoms with Gasteiger partial charge in [-0.1, -0.05) is 13.0 Å². The van der Waals surface area contributed by atoms with Gasteiger partial charge in [0, 0.05) is 0 Å². The number of aryl methyl sites for hydroxylation is 1. The van der Waals surface area contributed by atoms with Crippen molar-refractivity contribution in [3.63, 3.8) is 0 Å². The second-order valence-electron chi connectivity index (χ2n) is 4.40. The van der Waals surface area contributed by atoms with Crippen molar-refractivity contribution in [1.82, 2.24) is 0 Å². The molecule has 0 bridgehead atoms. The van der Waals surface area contributed by atoms with Crippen LogP contribution in [-0.2, 0) is 21.1 Å². The van der Waals surface area contributed by atoms with Crippen molar-refractivity contribution in [3.05, 3.63) is 23.8 Å². The van der Waals surface area contributed by atoms with Gasteiger partial charge < -0.3 is 10.4 Å². The first-order valence-corrected chi connectivity index (χ1v) is 7.41. The Bertz CT molecular complexity index is 580. The molecule has 2 N–H and O–H groups in total. The SMILES string of the molecule is CCc1ccc2c(c1)S(=O)(=O)CC(CC(=O)O)N2. The molecule has 98 valence electrons. The van der Waals surface area contributed by atoms with Crippen LogP contribution in [0.5, 0.6) is 0 Å². The molecule has 0 aromatic heterocycles. The van der Waals surface area contributed by atoms with E-state index in [4.69, 9.17) is 5.11 Å². The van der Waals surface area contributed by atoms with Crippen molar-refractivity contribution in [2.45, 2.75) is 30.7 Å². The normalized spacial score (nSPS) is 20.8. The maximum absolute atomic E-state index is 12.1. The Morgan fingerprint density at radius 2 is 2.22 bits per heavy atom. The smallest absolute Gasteiger partial charge is 0.305 e. The molecule has 1 aromatic carbocycles. The highest BCUT2D eigenvalue weighted by molar-refractivity contribution is 7.91. The van der Waals surface area contributed by atoms with Gasteiger partial charge in [0.1, 0.15) is 0 Å². The number of fused-ring (bicyclic) bond motifs is 1. The molecule has 0 saturated heterocycles. The number of sulfone groups is 1. The van der Waals surface area contributed by atoms with E-state index in [1.54, 1.807) is 12.1 Å². The molecule has 1 heterocycles. The minimum atomic E-state index is -3.40. The number of nitrogens with one attached hydrogen (secondary N) is 1. The van der Waals surface area contributed by atoms with Gasteiger partial charge in [-0.2, -0.15) is 0 Å². The van der Waals surface area contributed by atoms with Crippen molar-refractivity contribution >= 4 is 21.5 Å². The Morgan fingerprint density at radius 1 is 1.50 bits per heavy atom. The van der Waals surface area contributed by atoms with Gasteiger partial charge in [-0.05, 0) is 24.1 Å². The first-order chi connectivity index (χ1) is 8.42. The fourth-order valence-corrected chi connectivity index (χ4v) is 3.80. The molecule has 2 rings (SSSR count). The minimum absolute atomic E-state index is 0.167. The van der Waals surface area contributed by atoms with E-state index in [2.05, 4.69) is 5.32 Å². The summed E-state index contributed by atoms with van der Waals surface area (Å²) in [5.41, 5.74) is 1.46. The van der Waals surface area contributed by atoms with Crippen LogP contribution in [0.1, 0.15) is 18.9 Å². The van der Waals surface area contributed by atoms with Crippen LogP contribution in [0.4, 0.5) is 5.69 Å². The van der Waals surface area contributed by atoms with E-state index in [9.17, 15) is 13.2 Å². The quantitative estimate of drug-likeness (QED) is 0.864. The molecule has 18 heavy (non-hydrogen) atoms. The molecule has 0 saturated carbocycles. The van der Waals surface area contributed by atoms with Crippen molar-refractivity contribution in [2.24, 2.45) is 0 Å². The third-order valence-corrected chi connectivity index (χ3v) is 4.84. The molecule has 1 unspecified atom stereocenters. The highest BCUT2D eigenvalue weighted by Gasteiger charge is 2.31. The summed E-state index contributed by atoms with van der Waals surface area (Å²) in [6.45, 7) is 1.96. The van der Waals surface area contributed by atoms with Crippen LogP contribution in [0.3, 0.4) is 0 Å². The lowest BCUT2D eigenvalue weighted by Crippen LogP contribution is -2.36. The number of rotatable bonds is 3.